The van der Waals surface area contributed by atoms with Crippen LogP contribution in [0, 0.1) is 11.3 Å². The van der Waals surface area contributed by atoms with Crippen LogP contribution >= 0.6 is 0 Å². The fourth-order valence-corrected chi connectivity index (χ4v) is 1.15. The second-order valence-electron chi connectivity index (χ2n) is 2.48. The topological polar surface area (TPSA) is 50.1 Å². The van der Waals surface area contributed by atoms with E-state index in [1.54, 1.807) is 18.2 Å². The van der Waals surface area contributed by atoms with Crippen LogP contribution in [0.2, 0.25) is 0 Å². The van der Waals surface area contributed by atoms with Crippen LogP contribution in [-0.4, -0.2) is 13.4 Å². The Morgan fingerprint density at radius 3 is 2.92 bits per heavy atom. The summed E-state index contributed by atoms with van der Waals surface area (Å²) in [5, 5.41) is 8.54. The SMILES string of the molecule is COc1cccc(C=O)c1CC#N. The summed E-state index contributed by atoms with van der Waals surface area (Å²) in [6.07, 6.45) is 0.924. The van der Waals surface area contributed by atoms with Crippen LogP contribution in [0.15, 0.2) is 18.2 Å². The third kappa shape index (κ3) is 1.85. The average Bonchev–Trinajstić information content (AvgIpc) is 2.18. The van der Waals surface area contributed by atoms with Gasteiger partial charge in [0.25, 0.3) is 0 Å². The summed E-state index contributed by atoms with van der Waals surface area (Å²) >= 11 is 0. The molecule has 0 saturated carbocycles. The van der Waals surface area contributed by atoms with E-state index < -0.39 is 0 Å². The highest BCUT2D eigenvalue weighted by Gasteiger charge is 2.06. The summed E-state index contributed by atoms with van der Waals surface area (Å²) in [4.78, 5) is 10.6. The Kier molecular flexibility index (Phi) is 3.04. The molecule has 3 nitrogen and oxygen atoms in total. The van der Waals surface area contributed by atoms with Crippen LogP contribution < -0.4 is 4.74 Å². The lowest BCUT2D eigenvalue weighted by Crippen LogP contribution is -1.96. The molecule has 0 bridgehead atoms. The second-order valence-corrected chi connectivity index (χ2v) is 2.48. The molecule has 0 fully saturated rings. The van der Waals surface area contributed by atoms with Crippen LogP contribution in [0.3, 0.4) is 0 Å². The van der Waals surface area contributed by atoms with Crippen LogP contribution in [-0.2, 0) is 6.42 Å². The molecule has 0 atom stereocenters. The van der Waals surface area contributed by atoms with Gasteiger partial charge in [-0.2, -0.15) is 5.26 Å². The van der Waals surface area contributed by atoms with E-state index >= 15 is 0 Å². The molecule has 0 saturated heterocycles. The number of hydrogen-bond donors (Lipinski definition) is 0. The summed E-state index contributed by atoms with van der Waals surface area (Å²) in [6.45, 7) is 0. The molecule has 66 valence electrons. The molecule has 1 aromatic rings. The molecular weight excluding hydrogens is 166 g/mol. The van der Waals surface area contributed by atoms with Gasteiger partial charge in [0.2, 0.25) is 0 Å². The Hall–Kier alpha value is -1.82. The van der Waals surface area contributed by atoms with E-state index in [9.17, 15) is 4.79 Å². The number of nitriles is 1. The van der Waals surface area contributed by atoms with Gasteiger partial charge in [0.15, 0.2) is 6.29 Å². The number of rotatable bonds is 3. The van der Waals surface area contributed by atoms with Gasteiger partial charge >= 0.3 is 0 Å². The summed E-state index contributed by atoms with van der Waals surface area (Å²) < 4.78 is 5.03. The summed E-state index contributed by atoms with van der Waals surface area (Å²) in [5.74, 6) is 0.589. The lowest BCUT2D eigenvalue weighted by molar-refractivity contribution is 0.112. The molecule has 0 aliphatic heterocycles. The molecule has 13 heavy (non-hydrogen) atoms. The van der Waals surface area contributed by atoms with Crippen molar-refractivity contribution in [2.24, 2.45) is 0 Å². The first-order valence-corrected chi connectivity index (χ1v) is 3.81. The van der Waals surface area contributed by atoms with Crippen molar-refractivity contribution in [1.29, 1.82) is 5.26 Å². The lowest BCUT2D eigenvalue weighted by Gasteiger charge is -2.06. The number of ether oxygens (including phenoxy) is 1. The molecule has 1 aromatic carbocycles. The van der Waals surface area contributed by atoms with Crippen molar-refractivity contribution in [2.45, 2.75) is 6.42 Å². The molecule has 0 aliphatic rings. The lowest BCUT2D eigenvalue weighted by atomic mass is 10.1. The van der Waals surface area contributed by atoms with Gasteiger partial charge in [-0.25, -0.2) is 0 Å². The molecule has 0 aliphatic carbocycles. The summed E-state index contributed by atoms with van der Waals surface area (Å²) in [7, 11) is 1.52. The van der Waals surface area contributed by atoms with E-state index in [1.165, 1.54) is 7.11 Å². The van der Waals surface area contributed by atoms with Crippen molar-refractivity contribution in [3.8, 4) is 11.8 Å². The quantitative estimate of drug-likeness (QED) is 0.655. The van der Waals surface area contributed by atoms with Crippen molar-refractivity contribution < 1.29 is 9.53 Å². The van der Waals surface area contributed by atoms with E-state index in [4.69, 9.17) is 10.00 Å². The van der Waals surface area contributed by atoms with E-state index in [-0.39, 0.29) is 6.42 Å². The van der Waals surface area contributed by atoms with Gasteiger partial charge in [0.05, 0.1) is 19.6 Å². The Morgan fingerprint density at radius 2 is 2.38 bits per heavy atom. The van der Waals surface area contributed by atoms with Crippen LogP contribution in [0.5, 0.6) is 5.75 Å². The number of methoxy groups -OCH3 is 1. The van der Waals surface area contributed by atoms with Gasteiger partial charge in [-0.15, -0.1) is 0 Å². The minimum absolute atomic E-state index is 0.193. The van der Waals surface area contributed by atoms with Crippen LogP contribution in [0.1, 0.15) is 15.9 Å². The van der Waals surface area contributed by atoms with Gasteiger partial charge in [0, 0.05) is 11.1 Å². The first-order chi connectivity index (χ1) is 6.33. The number of benzene rings is 1. The third-order valence-corrected chi connectivity index (χ3v) is 1.77. The monoisotopic (exact) mass is 175 g/mol. The maximum absolute atomic E-state index is 10.6. The standard InChI is InChI=1S/C10H9NO2/c1-13-10-4-2-3-8(7-12)9(10)5-6-11/h2-4,7H,5H2,1H3. The molecule has 1 rings (SSSR count). The minimum atomic E-state index is 0.193. The highest BCUT2D eigenvalue weighted by molar-refractivity contribution is 5.78. The Morgan fingerprint density at radius 1 is 1.62 bits per heavy atom. The number of carbonyl (C=O) groups excluding carboxylic acids is 1. The molecule has 0 aromatic heterocycles. The first kappa shape index (κ1) is 9.27. The van der Waals surface area contributed by atoms with E-state index in [1.807, 2.05) is 6.07 Å². The number of hydrogen-bond acceptors (Lipinski definition) is 3. The normalized spacial score (nSPS) is 8.92. The molecule has 3 heteroatoms. The largest absolute Gasteiger partial charge is 0.496 e. The predicted molar refractivity (Wildman–Crippen MR) is 47.7 cm³/mol. The van der Waals surface area contributed by atoms with Crippen molar-refractivity contribution in [1.82, 2.24) is 0 Å². The number of nitrogens with zero attached hydrogens (tertiary/aromatic N) is 1. The van der Waals surface area contributed by atoms with E-state index in [2.05, 4.69) is 0 Å². The van der Waals surface area contributed by atoms with Crippen molar-refractivity contribution >= 4 is 6.29 Å². The molecule has 0 heterocycles. The fourth-order valence-electron chi connectivity index (χ4n) is 1.15. The maximum atomic E-state index is 10.6. The van der Waals surface area contributed by atoms with E-state index in [0.717, 1.165) is 6.29 Å². The second kappa shape index (κ2) is 4.27. The summed E-state index contributed by atoms with van der Waals surface area (Å²) in [6, 6.07) is 7.12. The zero-order chi connectivity index (χ0) is 9.68. The molecule has 0 N–H and O–H groups in total. The van der Waals surface area contributed by atoms with Gasteiger partial charge < -0.3 is 4.74 Å². The molecule has 0 amide bonds. The smallest absolute Gasteiger partial charge is 0.150 e. The van der Waals surface area contributed by atoms with Gasteiger partial charge in [0.1, 0.15) is 5.75 Å². The Labute approximate surface area is 76.6 Å². The molecular formula is C10H9NO2. The van der Waals surface area contributed by atoms with Crippen LogP contribution in [0.4, 0.5) is 0 Å². The van der Waals surface area contributed by atoms with Crippen molar-refractivity contribution in [3.63, 3.8) is 0 Å². The Bertz CT molecular complexity index is 352. The van der Waals surface area contributed by atoms with Gasteiger partial charge in [-0.1, -0.05) is 12.1 Å². The van der Waals surface area contributed by atoms with Gasteiger partial charge in [-0.05, 0) is 6.07 Å². The zero-order valence-corrected chi connectivity index (χ0v) is 7.28. The maximum Gasteiger partial charge on any atom is 0.150 e. The molecule has 0 radical (unpaired) electrons. The molecule has 0 spiro atoms. The average molecular weight is 175 g/mol. The first-order valence-electron chi connectivity index (χ1n) is 3.81. The predicted octanol–water partition coefficient (Wildman–Crippen LogP) is 1.57. The minimum Gasteiger partial charge on any atom is -0.496 e. The summed E-state index contributed by atoms with van der Waals surface area (Å²) in [5.41, 5.74) is 1.17. The van der Waals surface area contributed by atoms with Gasteiger partial charge in [-0.3, -0.25) is 4.79 Å². The van der Waals surface area contributed by atoms with E-state index in [0.29, 0.717) is 16.9 Å². The number of carbonyl (C=O) groups is 1. The third-order valence-electron chi connectivity index (χ3n) is 1.77. The number of aldehydes is 1. The fraction of sp³-hybridized carbons (Fsp3) is 0.200. The Balaban J connectivity index is 3.22. The zero-order valence-electron chi connectivity index (χ0n) is 7.28. The van der Waals surface area contributed by atoms with Crippen molar-refractivity contribution in [2.75, 3.05) is 7.11 Å². The highest BCUT2D eigenvalue weighted by Crippen LogP contribution is 2.21. The molecule has 0 unspecified atom stereocenters. The highest BCUT2D eigenvalue weighted by atomic mass is 16.5. The van der Waals surface area contributed by atoms with Crippen LogP contribution in [0.25, 0.3) is 0 Å². The van der Waals surface area contributed by atoms with Crippen molar-refractivity contribution in [3.05, 3.63) is 29.3 Å².